The van der Waals surface area contributed by atoms with Crippen molar-refractivity contribution < 1.29 is 12.4 Å². The Hall–Kier alpha value is -3.86. The zero-order valence-electron chi connectivity index (χ0n) is 21.6. The second-order valence-corrected chi connectivity index (χ2v) is 8.18. The van der Waals surface area contributed by atoms with Crippen LogP contribution in [0.15, 0.2) is 97.1 Å². The van der Waals surface area contributed by atoms with Crippen molar-refractivity contribution in [1.82, 2.24) is 0 Å². The summed E-state index contributed by atoms with van der Waals surface area (Å²) < 4.78 is 0. The molecule has 4 aromatic carbocycles. The molecule has 0 amide bonds. The highest BCUT2D eigenvalue weighted by Crippen LogP contribution is 2.17. The van der Waals surface area contributed by atoms with E-state index in [1.807, 2.05) is 111 Å². The minimum Gasteiger partial charge on any atom is -0.333 e. The summed E-state index contributed by atoms with van der Waals surface area (Å²) in [5.41, 5.74) is 16.3. The first-order valence-electron chi connectivity index (χ1n) is 12.1. The van der Waals surface area contributed by atoms with Crippen LogP contribution in [0.1, 0.15) is 56.9 Å². The maximum absolute atomic E-state index is 12.7. The van der Waals surface area contributed by atoms with Crippen LogP contribution in [0.5, 0.6) is 0 Å². The summed E-state index contributed by atoms with van der Waals surface area (Å²) in [7, 11) is 3.00. The van der Waals surface area contributed by atoms with Gasteiger partial charge in [-0.05, 0) is 63.0 Å². The van der Waals surface area contributed by atoms with E-state index in [-0.39, 0.29) is 14.4 Å². The summed E-state index contributed by atoms with van der Waals surface area (Å²) in [4.78, 5) is 25.5. The number of carbonyl (C=O) groups excluding carboxylic acids is 2. The van der Waals surface area contributed by atoms with Crippen molar-refractivity contribution in [3.63, 3.8) is 0 Å². The van der Waals surface area contributed by atoms with Gasteiger partial charge >= 0.3 is 0 Å². The monoisotopic (exact) mass is 484 g/mol. The number of aryl methyl sites for hydroxylation is 4. The van der Waals surface area contributed by atoms with Crippen LogP contribution >= 0.6 is 0 Å². The standard InChI is InChI=1S/C30H26O2.2CH5N.2H2/c1-21-7-3-5-9-27(21)29(31)25-17-13-23(14-18-25)11-12-24-15-19-26(20-16-24)30(32)28-10-6-4-8-22(28)2;2*1-2;;/h3-10,13-20H,11-12H2,1-2H3;2*2H2,1H3;2*1H. The van der Waals surface area contributed by atoms with E-state index in [4.69, 9.17) is 0 Å². The molecule has 4 nitrogen and oxygen atoms in total. The van der Waals surface area contributed by atoms with Gasteiger partial charge in [0.15, 0.2) is 11.6 Å². The minimum atomic E-state index is 0. The van der Waals surface area contributed by atoms with Gasteiger partial charge in [0.05, 0.1) is 0 Å². The molecule has 0 aromatic heterocycles. The Morgan fingerprint density at radius 1 is 0.528 bits per heavy atom. The van der Waals surface area contributed by atoms with Crippen LogP contribution in [0.4, 0.5) is 0 Å². The molecule has 0 aliphatic carbocycles. The smallest absolute Gasteiger partial charge is 0.193 e. The molecule has 0 saturated heterocycles. The molecule has 4 heteroatoms. The summed E-state index contributed by atoms with van der Waals surface area (Å²) in [6, 6.07) is 31.1. The normalized spacial score (nSPS) is 9.83. The van der Waals surface area contributed by atoms with E-state index in [0.29, 0.717) is 11.1 Å². The molecule has 4 N–H and O–H groups in total. The summed E-state index contributed by atoms with van der Waals surface area (Å²) in [6.45, 7) is 3.92. The van der Waals surface area contributed by atoms with Gasteiger partial charge in [0.25, 0.3) is 0 Å². The van der Waals surface area contributed by atoms with Crippen LogP contribution in [0.3, 0.4) is 0 Å². The van der Waals surface area contributed by atoms with E-state index in [9.17, 15) is 9.59 Å². The first kappa shape index (κ1) is 28.4. The van der Waals surface area contributed by atoms with E-state index in [1.165, 1.54) is 25.2 Å². The lowest BCUT2D eigenvalue weighted by atomic mass is 9.96. The number of rotatable bonds is 7. The van der Waals surface area contributed by atoms with Crippen LogP contribution < -0.4 is 11.5 Å². The van der Waals surface area contributed by atoms with Gasteiger partial charge in [0.2, 0.25) is 0 Å². The fourth-order valence-corrected chi connectivity index (χ4v) is 3.90. The van der Waals surface area contributed by atoms with Crippen molar-refractivity contribution in [3.05, 3.63) is 142 Å². The predicted molar refractivity (Wildman–Crippen MR) is 154 cm³/mol. The first-order valence-corrected chi connectivity index (χ1v) is 12.1. The lowest BCUT2D eigenvalue weighted by molar-refractivity contribution is 0.103. The number of hydrogen-bond acceptors (Lipinski definition) is 4. The van der Waals surface area contributed by atoms with E-state index < -0.39 is 0 Å². The number of nitrogens with two attached hydrogens (primary N) is 2. The number of hydrogen-bond donors (Lipinski definition) is 2. The summed E-state index contributed by atoms with van der Waals surface area (Å²) in [5, 5.41) is 0. The fraction of sp³-hybridized carbons (Fsp3) is 0.188. The zero-order chi connectivity index (χ0) is 26.5. The van der Waals surface area contributed by atoms with Crippen molar-refractivity contribution in [2.75, 3.05) is 14.1 Å². The molecule has 0 aliphatic rings. The van der Waals surface area contributed by atoms with Gasteiger partial charge in [0.1, 0.15) is 0 Å². The van der Waals surface area contributed by atoms with Crippen LogP contribution in [-0.2, 0) is 12.8 Å². The molecule has 0 atom stereocenters. The molecule has 0 heterocycles. The van der Waals surface area contributed by atoms with Crippen molar-refractivity contribution in [2.45, 2.75) is 26.7 Å². The van der Waals surface area contributed by atoms with Crippen LogP contribution in [-0.4, -0.2) is 25.7 Å². The lowest BCUT2D eigenvalue weighted by Gasteiger charge is -2.08. The van der Waals surface area contributed by atoms with E-state index in [1.54, 1.807) is 0 Å². The third kappa shape index (κ3) is 7.32. The maximum Gasteiger partial charge on any atom is 0.193 e. The van der Waals surface area contributed by atoms with Crippen molar-refractivity contribution in [1.29, 1.82) is 0 Å². The van der Waals surface area contributed by atoms with Crippen LogP contribution in [0.25, 0.3) is 0 Å². The Morgan fingerprint density at radius 3 is 1.14 bits per heavy atom. The Morgan fingerprint density at radius 2 is 0.833 bits per heavy atom. The van der Waals surface area contributed by atoms with E-state index >= 15 is 0 Å². The highest BCUT2D eigenvalue weighted by atomic mass is 16.1. The average molecular weight is 485 g/mol. The Labute approximate surface area is 218 Å². The van der Waals surface area contributed by atoms with Gasteiger partial charge in [-0.1, -0.05) is 97.1 Å². The molecule has 0 radical (unpaired) electrons. The molecule has 4 rings (SSSR count). The quantitative estimate of drug-likeness (QED) is 0.306. The third-order valence-electron chi connectivity index (χ3n) is 5.91. The van der Waals surface area contributed by atoms with E-state index in [2.05, 4.69) is 11.5 Å². The second kappa shape index (κ2) is 14.5. The molecule has 0 aliphatic heterocycles. The lowest BCUT2D eigenvalue weighted by Crippen LogP contribution is -2.04. The molecule has 190 valence electrons. The van der Waals surface area contributed by atoms with Crippen LogP contribution in [0.2, 0.25) is 0 Å². The van der Waals surface area contributed by atoms with Crippen LogP contribution in [0, 0.1) is 13.8 Å². The topological polar surface area (TPSA) is 86.2 Å². The Bertz CT molecular complexity index is 1170. The fourth-order valence-electron chi connectivity index (χ4n) is 3.90. The molecular formula is C32H40N2O2. The highest BCUT2D eigenvalue weighted by molar-refractivity contribution is 6.10. The van der Waals surface area contributed by atoms with Gasteiger partial charge in [0, 0.05) is 25.1 Å². The molecular weight excluding hydrogens is 444 g/mol. The molecule has 0 unspecified atom stereocenters. The number of carbonyl (C=O) groups is 2. The molecule has 36 heavy (non-hydrogen) atoms. The molecule has 0 spiro atoms. The summed E-state index contributed by atoms with van der Waals surface area (Å²) in [5.74, 6) is 0.118. The van der Waals surface area contributed by atoms with Gasteiger partial charge in [-0.2, -0.15) is 0 Å². The minimum absolute atomic E-state index is 0. The van der Waals surface area contributed by atoms with Crippen molar-refractivity contribution in [3.8, 4) is 0 Å². The average Bonchev–Trinajstić information content (AvgIpc) is 2.94. The van der Waals surface area contributed by atoms with Gasteiger partial charge in [-0.25, -0.2) is 0 Å². The summed E-state index contributed by atoms with van der Waals surface area (Å²) in [6.07, 6.45) is 1.76. The van der Waals surface area contributed by atoms with Crippen molar-refractivity contribution >= 4 is 11.6 Å². The zero-order valence-corrected chi connectivity index (χ0v) is 21.6. The van der Waals surface area contributed by atoms with Gasteiger partial charge in [-0.3, -0.25) is 9.59 Å². The third-order valence-corrected chi connectivity index (χ3v) is 5.91. The largest absolute Gasteiger partial charge is 0.333 e. The van der Waals surface area contributed by atoms with Gasteiger partial charge in [-0.15, -0.1) is 0 Å². The van der Waals surface area contributed by atoms with Crippen molar-refractivity contribution in [2.24, 2.45) is 11.5 Å². The SMILES string of the molecule is CN.CN.Cc1ccccc1C(=O)c1ccc(CCc2ccc(C(=O)c3ccccc3C)cc2)cc1.[HH].[HH]. The molecule has 4 aromatic rings. The van der Waals surface area contributed by atoms with Gasteiger partial charge < -0.3 is 11.5 Å². The predicted octanol–water partition coefficient (Wildman–Crippen LogP) is 6.19. The molecule has 0 bridgehead atoms. The van der Waals surface area contributed by atoms with E-state index in [0.717, 1.165) is 35.1 Å². The Kier molecular flexibility index (Phi) is 11.4. The highest BCUT2D eigenvalue weighted by Gasteiger charge is 2.12. The maximum atomic E-state index is 12.7. The number of benzene rings is 4. The molecule has 0 fully saturated rings. The summed E-state index contributed by atoms with van der Waals surface area (Å²) >= 11 is 0. The second-order valence-electron chi connectivity index (χ2n) is 8.18. The Balaban J connectivity index is 0.00000218. The molecule has 0 saturated carbocycles. The number of ketones is 2. The first-order chi connectivity index (χ1) is 17.5.